The van der Waals surface area contributed by atoms with Gasteiger partial charge in [-0.15, -0.1) is 11.3 Å². The molecule has 0 saturated heterocycles. The third-order valence-electron chi connectivity index (χ3n) is 3.35. The van der Waals surface area contributed by atoms with Crippen LogP contribution in [-0.4, -0.2) is 26.5 Å². The molecule has 0 fully saturated rings. The third-order valence-corrected chi connectivity index (χ3v) is 4.22. The van der Waals surface area contributed by atoms with Gasteiger partial charge in [-0.05, 0) is 35.7 Å². The first-order valence-electron chi connectivity index (χ1n) is 6.91. The van der Waals surface area contributed by atoms with Gasteiger partial charge in [0.1, 0.15) is 17.3 Å². The Morgan fingerprint density at radius 1 is 1.13 bits per heavy atom. The Hall–Kier alpha value is -3.06. The number of carbonyl (C=O) groups excluding carboxylic acids is 1. The summed E-state index contributed by atoms with van der Waals surface area (Å²) in [6, 6.07) is 11.1. The van der Waals surface area contributed by atoms with Gasteiger partial charge >= 0.3 is 0 Å². The van der Waals surface area contributed by atoms with Crippen molar-refractivity contribution in [2.45, 2.75) is 0 Å². The van der Waals surface area contributed by atoms with Gasteiger partial charge in [-0.1, -0.05) is 6.07 Å². The molecule has 0 bridgehead atoms. The summed E-state index contributed by atoms with van der Waals surface area (Å²) in [4.78, 5) is 20.9. The quantitative estimate of drug-likeness (QED) is 0.561. The molecule has 7 heteroatoms. The summed E-state index contributed by atoms with van der Waals surface area (Å²) in [5, 5.41) is 12.2. The Labute approximate surface area is 135 Å². The first-order chi connectivity index (χ1) is 11.3. The molecule has 23 heavy (non-hydrogen) atoms. The normalized spacial score (nSPS) is 10.8. The SMILES string of the molecule is O=Cc1ccc(Nc2nc(-c3cccs3)nc3cn[nH]c23)cc1. The van der Waals surface area contributed by atoms with E-state index in [1.807, 2.05) is 29.6 Å². The summed E-state index contributed by atoms with van der Waals surface area (Å²) in [5.41, 5.74) is 2.95. The van der Waals surface area contributed by atoms with Crippen LogP contribution in [0.4, 0.5) is 11.5 Å². The molecule has 0 atom stereocenters. The summed E-state index contributed by atoms with van der Waals surface area (Å²) in [6.07, 6.45) is 2.49. The zero-order chi connectivity index (χ0) is 15.6. The number of anilines is 2. The van der Waals surface area contributed by atoms with Crippen molar-refractivity contribution in [3.05, 3.63) is 53.5 Å². The van der Waals surface area contributed by atoms with Crippen LogP contribution in [0.25, 0.3) is 21.7 Å². The summed E-state index contributed by atoms with van der Waals surface area (Å²) in [5.74, 6) is 1.30. The Bertz CT molecular complexity index is 960. The van der Waals surface area contributed by atoms with E-state index < -0.39 is 0 Å². The second kappa shape index (κ2) is 5.62. The first-order valence-corrected chi connectivity index (χ1v) is 7.79. The van der Waals surface area contributed by atoms with Crippen molar-refractivity contribution in [1.29, 1.82) is 0 Å². The Morgan fingerprint density at radius 3 is 2.74 bits per heavy atom. The molecule has 6 nitrogen and oxygen atoms in total. The number of fused-ring (bicyclic) bond motifs is 1. The fourth-order valence-electron chi connectivity index (χ4n) is 2.23. The number of aromatic amines is 1. The number of rotatable bonds is 4. The lowest BCUT2D eigenvalue weighted by Crippen LogP contribution is -1.98. The zero-order valence-corrected chi connectivity index (χ0v) is 12.7. The van der Waals surface area contributed by atoms with E-state index in [-0.39, 0.29) is 0 Å². The zero-order valence-electron chi connectivity index (χ0n) is 11.9. The lowest BCUT2D eigenvalue weighted by Gasteiger charge is -2.08. The minimum Gasteiger partial charge on any atom is -0.338 e. The molecule has 0 saturated carbocycles. The van der Waals surface area contributed by atoms with Crippen LogP contribution in [0.1, 0.15) is 10.4 Å². The van der Waals surface area contributed by atoms with Crippen LogP contribution in [0, 0.1) is 0 Å². The highest BCUT2D eigenvalue weighted by Crippen LogP contribution is 2.27. The molecule has 0 aliphatic heterocycles. The van der Waals surface area contributed by atoms with Crippen molar-refractivity contribution in [3.8, 4) is 10.7 Å². The Kier molecular flexibility index (Phi) is 3.32. The average molecular weight is 321 g/mol. The molecular formula is C16H11N5OS. The van der Waals surface area contributed by atoms with E-state index in [1.165, 1.54) is 0 Å². The van der Waals surface area contributed by atoms with Crippen molar-refractivity contribution in [3.63, 3.8) is 0 Å². The predicted octanol–water partition coefficient (Wildman–Crippen LogP) is 3.64. The second-order valence-corrected chi connectivity index (χ2v) is 5.82. The predicted molar refractivity (Wildman–Crippen MR) is 90.1 cm³/mol. The van der Waals surface area contributed by atoms with Gasteiger partial charge in [0.05, 0.1) is 11.1 Å². The van der Waals surface area contributed by atoms with Gasteiger partial charge < -0.3 is 5.32 Å². The summed E-state index contributed by atoms with van der Waals surface area (Å²) < 4.78 is 0. The van der Waals surface area contributed by atoms with Crippen molar-refractivity contribution in [2.24, 2.45) is 0 Å². The van der Waals surface area contributed by atoms with Crippen LogP contribution in [0.5, 0.6) is 0 Å². The van der Waals surface area contributed by atoms with Gasteiger partial charge in [0.25, 0.3) is 0 Å². The van der Waals surface area contributed by atoms with Crippen molar-refractivity contribution in [1.82, 2.24) is 20.2 Å². The Balaban J connectivity index is 1.78. The number of H-pyrrole nitrogens is 1. The molecule has 4 aromatic rings. The highest BCUT2D eigenvalue weighted by molar-refractivity contribution is 7.13. The lowest BCUT2D eigenvalue weighted by molar-refractivity contribution is 0.112. The van der Waals surface area contributed by atoms with E-state index in [0.717, 1.165) is 27.9 Å². The maximum atomic E-state index is 10.7. The molecule has 3 aromatic heterocycles. The van der Waals surface area contributed by atoms with E-state index >= 15 is 0 Å². The summed E-state index contributed by atoms with van der Waals surface area (Å²) >= 11 is 1.58. The number of carbonyl (C=O) groups is 1. The first kappa shape index (κ1) is 13.6. The molecule has 0 aliphatic rings. The average Bonchev–Trinajstić information content (AvgIpc) is 3.27. The number of aromatic nitrogens is 4. The van der Waals surface area contributed by atoms with Crippen LogP contribution in [0.2, 0.25) is 0 Å². The van der Waals surface area contributed by atoms with E-state index in [9.17, 15) is 4.79 Å². The van der Waals surface area contributed by atoms with Gasteiger partial charge in [-0.2, -0.15) is 5.10 Å². The topological polar surface area (TPSA) is 83.6 Å². The molecule has 0 aliphatic carbocycles. The van der Waals surface area contributed by atoms with Gasteiger partial charge in [0.15, 0.2) is 11.6 Å². The molecule has 0 amide bonds. The number of hydrogen-bond acceptors (Lipinski definition) is 6. The largest absolute Gasteiger partial charge is 0.338 e. The highest BCUT2D eigenvalue weighted by atomic mass is 32.1. The van der Waals surface area contributed by atoms with E-state index in [2.05, 4.69) is 25.5 Å². The second-order valence-electron chi connectivity index (χ2n) is 4.87. The van der Waals surface area contributed by atoms with E-state index in [4.69, 9.17) is 0 Å². The monoisotopic (exact) mass is 321 g/mol. The van der Waals surface area contributed by atoms with Gasteiger partial charge in [-0.3, -0.25) is 9.89 Å². The van der Waals surface area contributed by atoms with Crippen LogP contribution >= 0.6 is 11.3 Å². The van der Waals surface area contributed by atoms with Gasteiger partial charge in [-0.25, -0.2) is 9.97 Å². The Morgan fingerprint density at radius 2 is 2.00 bits per heavy atom. The molecule has 3 heterocycles. The number of benzene rings is 1. The fourth-order valence-corrected chi connectivity index (χ4v) is 2.89. The summed E-state index contributed by atoms with van der Waals surface area (Å²) in [6.45, 7) is 0. The molecule has 2 N–H and O–H groups in total. The van der Waals surface area contributed by atoms with Crippen molar-refractivity contribution >= 4 is 40.2 Å². The minimum absolute atomic E-state index is 0.629. The fraction of sp³-hybridized carbons (Fsp3) is 0. The lowest BCUT2D eigenvalue weighted by atomic mass is 10.2. The van der Waals surface area contributed by atoms with Crippen molar-refractivity contribution < 1.29 is 4.79 Å². The van der Waals surface area contributed by atoms with Gasteiger partial charge in [0, 0.05) is 11.3 Å². The molecular weight excluding hydrogens is 310 g/mol. The number of nitrogens with zero attached hydrogens (tertiary/aromatic N) is 3. The molecule has 0 radical (unpaired) electrons. The van der Waals surface area contributed by atoms with E-state index in [1.54, 1.807) is 29.7 Å². The summed E-state index contributed by atoms with van der Waals surface area (Å²) in [7, 11) is 0. The number of hydrogen-bond donors (Lipinski definition) is 2. The smallest absolute Gasteiger partial charge is 0.172 e. The van der Waals surface area contributed by atoms with E-state index in [0.29, 0.717) is 17.2 Å². The maximum absolute atomic E-state index is 10.7. The maximum Gasteiger partial charge on any atom is 0.172 e. The number of thiophene rings is 1. The minimum atomic E-state index is 0.629. The van der Waals surface area contributed by atoms with Crippen LogP contribution in [-0.2, 0) is 0 Å². The molecule has 4 rings (SSSR count). The number of aldehydes is 1. The molecule has 1 aromatic carbocycles. The molecule has 112 valence electrons. The third kappa shape index (κ3) is 2.58. The van der Waals surface area contributed by atoms with Crippen LogP contribution < -0.4 is 5.32 Å². The van der Waals surface area contributed by atoms with Gasteiger partial charge in [0.2, 0.25) is 0 Å². The molecule has 0 spiro atoms. The highest BCUT2D eigenvalue weighted by Gasteiger charge is 2.12. The standard InChI is InChI=1S/C16H11N5OS/c22-9-10-3-5-11(6-4-10)18-16-14-12(8-17-21-14)19-15(20-16)13-2-1-7-23-13/h1-9H,(H,17,21)(H,18,19,20). The van der Waals surface area contributed by atoms with Crippen molar-refractivity contribution in [2.75, 3.05) is 5.32 Å². The van der Waals surface area contributed by atoms with Crippen LogP contribution in [0.15, 0.2) is 48.0 Å². The molecule has 0 unspecified atom stereocenters. The number of nitrogens with one attached hydrogen (secondary N) is 2. The van der Waals surface area contributed by atoms with Crippen LogP contribution in [0.3, 0.4) is 0 Å².